The molecule has 1 aromatic carbocycles. The number of fused-ring (bicyclic) bond motifs is 1. The molecule has 3 rings (SSSR count). The summed E-state index contributed by atoms with van der Waals surface area (Å²) in [4.78, 5) is 5.19. The van der Waals surface area contributed by atoms with Crippen LogP contribution >= 0.6 is 23.2 Å². The molecule has 1 aromatic rings. The number of halogens is 2. The van der Waals surface area contributed by atoms with E-state index in [0.29, 0.717) is 11.1 Å². The number of nitrogens with zero attached hydrogens (tertiary/aromatic N) is 2. The van der Waals surface area contributed by atoms with Crippen molar-refractivity contribution < 1.29 is 0 Å². The summed E-state index contributed by atoms with van der Waals surface area (Å²) in [5.41, 5.74) is 1.19. The molecule has 0 spiro atoms. The van der Waals surface area contributed by atoms with E-state index in [1.54, 1.807) is 0 Å². The quantitative estimate of drug-likeness (QED) is 0.819. The highest BCUT2D eigenvalue weighted by Gasteiger charge is 2.32. The first kappa shape index (κ1) is 13.7. The molecule has 2 aliphatic heterocycles. The van der Waals surface area contributed by atoms with E-state index in [1.807, 2.05) is 12.1 Å². The molecule has 2 saturated heterocycles. The molecule has 2 aliphatic rings. The van der Waals surface area contributed by atoms with Crippen LogP contribution in [-0.4, -0.2) is 42.0 Å². The molecule has 0 amide bonds. The highest BCUT2D eigenvalue weighted by atomic mass is 35.5. The van der Waals surface area contributed by atoms with Gasteiger partial charge in [-0.15, -0.1) is 0 Å². The zero-order valence-corrected chi connectivity index (χ0v) is 12.8. The third-order valence-corrected chi connectivity index (χ3v) is 5.14. The number of hydrogen-bond acceptors (Lipinski definition) is 2. The third kappa shape index (κ3) is 2.78. The Morgan fingerprint density at radius 2 is 2.05 bits per heavy atom. The van der Waals surface area contributed by atoms with Gasteiger partial charge in [-0.25, -0.2) is 0 Å². The van der Waals surface area contributed by atoms with Crippen molar-refractivity contribution in [3.8, 4) is 0 Å². The first-order chi connectivity index (χ1) is 9.15. The fraction of sp³-hybridized carbons (Fsp3) is 0.600. The average Bonchev–Trinajstić information content (AvgIpc) is 2.85. The second-order valence-electron chi connectivity index (χ2n) is 5.67. The summed E-state index contributed by atoms with van der Waals surface area (Å²) in [7, 11) is 0. The predicted octanol–water partition coefficient (Wildman–Crippen LogP) is 3.83. The minimum absolute atomic E-state index is 0.368. The fourth-order valence-corrected chi connectivity index (χ4v) is 3.97. The first-order valence-electron chi connectivity index (χ1n) is 7.08. The van der Waals surface area contributed by atoms with Crippen molar-refractivity contribution in [1.82, 2.24) is 9.80 Å². The fourth-order valence-electron chi connectivity index (χ4n) is 3.40. The van der Waals surface area contributed by atoms with Gasteiger partial charge in [0.25, 0.3) is 0 Å². The van der Waals surface area contributed by atoms with Crippen LogP contribution < -0.4 is 0 Å². The molecule has 0 N–H and O–H groups in total. The number of piperazine rings is 1. The minimum atomic E-state index is 0.368. The maximum Gasteiger partial charge on any atom is 0.0468 e. The smallest absolute Gasteiger partial charge is 0.0468 e. The number of hydrogen-bond donors (Lipinski definition) is 0. The molecular weight excluding hydrogens is 279 g/mol. The first-order valence-corrected chi connectivity index (χ1v) is 7.84. The van der Waals surface area contributed by atoms with E-state index in [9.17, 15) is 0 Å². The molecule has 2 nitrogen and oxygen atoms in total. The van der Waals surface area contributed by atoms with E-state index in [1.165, 1.54) is 38.0 Å². The summed E-state index contributed by atoms with van der Waals surface area (Å²) in [6.45, 7) is 7.03. The summed E-state index contributed by atoms with van der Waals surface area (Å²) in [5.74, 6) is 0. The van der Waals surface area contributed by atoms with E-state index >= 15 is 0 Å². The Morgan fingerprint density at radius 1 is 1.21 bits per heavy atom. The Kier molecular flexibility index (Phi) is 4.04. The van der Waals surface area contributed by atoms with Crippen LogP contribution in [0.4, 0.5) is 0 Å². The van der Waals surface area contributed by atoms with Gasteiger partial charge in [0, 0.05) is 41.8 Å². The molecule has 0 aliphatic carbocycles. The zero-order valence-electron chi connectivity index (χ0n) is 11.3. The van der Waals surface area contributed by atoms with Crippen LogP contribution in [0.5, 0.6) is 0 Å². The van der Waals surface area contributed by atoms with Crippen LogP contribution in [0.2, 0.25) is 10.0 Å². The molecule has 19 heavy (non-hydrogen) atoms. The maximum atomic E-state index is 6.33. The van der Waals surface area contributed by atoms with Gasteiger partial charge in [0.05, 0.1) is 0 Å². The zero-order chi connectivity index (χ0) is 13.4. The van der Waals surface area contributed by atoms with Crippen LogP contribution in [0.1, 0.15) is 31.4 Å². The van der Waals surface area contributed by atoms with Gasteiger partial charge in [0.2, 0.25) is 0 Å². The summed E-state index contributed by atoms with van der Waals surface area (Å²) in [6.07, 6.45) is 2.70. The maximum absolute atomic E-state index is 6.33. The Morgan fingerprint density at radius 3 is 2.84 bits per heavy atom. The number of benzene rings is 1. The molecule has 2 unspecified atom stereocenters. The molecule has 0 radical (unpaired) electrons. The lowest BCUT2D eigenvalue weighted by Crippen LogP contribution is -2.50. The van der Waals surface area contributed by atoms with Gasteiger partial charge in [0.15, 0.2) is 0 Å². The predicted molar refractivity (Wildman–Crippen MR) is 81.0 cm³/mol. The van der Waals surface area contributed by atoms with Crippen LogP contribution in [-0.2, 0) is 0 Å². The molecule has 4 heteroatoms. The van der Waals surface area contributed by atoms with Crippen molar-refractivity contribution in [2.75, 3.05) is 26.2 Å². The molecule has 2 heterocycles. The second-order valence-corrected chi connectivity index (χ2v) is 6.51. The normalized spacial score (nSPS) is 26.4. The molecule has 0 saturated carbocycles. The minimum Gasteiger partial charge on any atom is -0.298 e. The van der Waals surface area contributed by atoms with Crippen LogP contribution in [0.3, 0.4) is 0 Å². The van der Waals surface area contributed by atoms with E-state index in [0.717, 1.165) is 17.6 Å². The third-order valence-electron chi connectivity index (χ3n) is 4.58. The SMILES string of the molecule is CC(c1ccc(Cl)cc1Cl)N1CCN2CCCC2C1. The Balaban J connectivity index is 1.74. The molecule has 2 atom stereocenters. The molecule has 104 valence electrons. The van der Waals surface area contributed by atoms with Gasteiger partial charge in [-0.05, 0) is 44.0 Å². The van der Waals surface area contributed by atoms with E-state index in [2.05, 4.69) is 22.8 Å². The standard InChI is InChI=1S/C15H20Cl2N2/c1-11(14-5-4-12(16)9-15(14)17)19-8-7-18-6-2-3-13(18)10-19/h4-5,9,11,13H,2-3,6-8,10H2,1H3. The Labute approximate surface area is 125 Å². The molecule has 0 bridgehead atoms. The van der Waals surface area contributed by atoms with E-state index in [-0.39, 0.29) is 0 Å². The van der Waals surface area contributed by atoms with E-state index in [4.69, 9.17) is 23.2 Å². The van der Waals surface area contributed by atoms with Crippen molar-refractivity contribution in [2.24, 2.45) is 0 Å². The highest BCUT2D eigenvalue weighted by Crippen LogP contribution is 2.32. The number of rotatable bonds is 2. The Hall–Kier alpha value is -0.280. The lowest BCUT2D eigenvalue weighted by Gasteiger charge is -2.40. The van der Waals surface area contributed by atoms with Crippen molar-refractivity contribution in [3.05, 3.63) is 33.8 Å². The van der Waals surface area contributed by atoms with Gasteiger partial charge in [0.1, 0.15) is 0 Å². The molecule has 2 fully saturated rings. The summed E-state index contributed by atoms with van der Waals surface area (Å²) < 4.78 is 0. The molecular formula is C15H20Cl2N2. The lowest BCUT2D eigenvalue weighted by atomic mass is 10.0. The van der Waals surface area contributed by atoms with Crippen molar-refractivity contribution >= 4 is 23.2 Å². The second kappa shape index (κ2) is 5.61. The van der Waals surface area contributed by atoms with Gasteiger partial charge in [-0.2, -0.15) is 0 Å². The van der Waals surface area contributed by atoms with Crippen molar-refractivity contribution in [3.63, 3.8) is 0 Å². The van der Waals surface area contributed by atoms with Crippen LogP contribution in [0.15, 0.2) is 18.2 Å². The van der Waals surface area contributed by atoms with Crippen LogP contribution in [0.25, 0.3) is 0 Å². The monoisotopic (exact) mass is 298 g/mol. The average molecular weight is 299 g/mol. The van der Waals surface area contributed by atoms with Gasteiger partial charge in [-0.1, -0.05) is 29.3 Å². The molecule has 0 aromatic heterocycles. The Bertz CT molecular complexity index is 463. The summed E-state index contributed by atoms with van der Waals surface area (Å²) >= 11 is 12.3. The van der Waals surface area contributed by atoms with E-state index < -0.39 is 0 Å². The van der Waals surface area contributed by atoms with Gasteiger partial charge >= 0.3 is 0 Å². The lowest BCUT2D eigenvalue weighted by molar-refractivity contribution is 0.0770. The van der Waals surface area contributed by atoms with Crippen molar-refractivity contribution in [1.29, 1.82) is 0 Å². The topological polar surface area (TPSA) is 6.48 Å². The highest BCUT2D eigenvalue weighted by molar-refractivity contribution is 6.35. The summed E-state index contributed by atoms with van der Waals surface area (Å²) in [5, 5.41) is 1.50. The largest absolute Gasteiger partial charge is 0.298 e. The summed E-state index contributed by atoms with van der Waals surface area (Å²) in [6, 6.07) is 6.97. The van der Waals surface area contributed by atoms with Crippen LogP contribution in [0, 0.1) is 0 Å². The van der Waals surface area contributed by atoms with Crippen molar-refractivity contribution in [2.45, 2.75) is 31.8 Å². The van der Waals surface area contributed by atoms with Gasteiger partial charge in [-0.3, -0.25) is 9.80 Å². The van der Waals surface area contributed by atoms with Gasteiger partial charge < -0.3 is 0 Å².